The van der Waals surface area contributed by atoms with Crippen LogP contribution in [0.4, 0.5) is 5.95 Å². The Morgan fingerprint density at radius 3 is 3.05 bits per heavy atom. The molecule has 0 spiro atoms. The number of aromatic hydroxyl groups is 1. The minimum Gasteiger partial charge on any atom is -0.507 e. The van der Waals surface area contributed by atoms with Gasteiger partial charge in [-0.05, 0) is 41.1 Å². The lowest BCUT2D eigenvalue weighted by atomic mass is 10.2. The van der Waals surface area contributed by atoms with Crippen LogP contribution in [-0.4, -0.2) is 32.8 Å². The van der Waals surface area contributed by atoms with Crippen LogP contribution in [0.15, 0.2) is 22.7 Å². The number of H-pyrrole nitrogens is 1. The Morgan fingerprint density at radius 1 is 1.58 bits per heavy atom. The molecular weight excluding hydrogens is 316 g/mol. The number of halogens is 1. The second-order valence-electron chi connectivity index (χ2n) is 3.52. The highest BCUT2D eigenvalue weighted by Gasteiger charge is 2.11. The molecule has 0 bridgehead atoms. The van der Waals surface area contributed by atoms with Gasteiger partial charge in [0.05, 0.1) is 11.1 Å². The summed E-state index contributed by atoms with van der Waals surface area (Å²) in [6, 6.07) is 4.66. The van der Waals surface area contributed by atoms with Crippen molar-refractivity contribution in [1.29, 1.82) is 0 Å². The maximum atomic E-state index is 11.9. The third-order valence-corrected chi connectivity index (χ3v) is 2.85. The monoisotopic (exact) mass is 326 g/mol. The fraction of sp³-hybridized carbons (Fsp3) is 0.182. The molecule has 0 saturated carbocycles. The molecule has 0 aliphatic heterocycles. The molecule has 100 valence electrons. The van der Waals surface area contributed by atoms with Crippen LogP contribution in [0.1, 0.15) is 17.3 Å². The van der Waals surface area contributed by atoms with E-state index >= 15 is 0 Å². The smallest absolute Gasteiger partial charge is 0.337 e. The number of hydrogen-bond donors (Lipinski definition) is 3. The van der Waals surface area contributed by atoms with E-state index < -0.39 is 5.91 Å². The molecule has 1 aromatic carbocycles. The van der Waals surface area contributed by atoms with Crippen molar-refractivity contribution in [3.8, 4) is 11.8 Å². The molecule has 0 saturated heterocycles. The van der Waals surface area contributed by atoms with Crippen LogP contribution in [0, 0.1) is 0 Å². The zero-order valence-electron chi connectivity index (χ0n) is 9.98. The van der Waals surface area contributed by atoms with E-state index in [9.17, 15) is 9.90 Å². The fourth-order valence-electron chi connectivity index (χ4n) is 1.33. The van der Waals surface area contributed by atoms with Crippen molar-refractivity contribution in [2.45, 2.75) is 6.92 Å². The number of anilines is 1. The van der Waals surface area contributed by atoms with Crippen LogP contribution < -0.4 is 10.1 Å². The second-order valence-corrected chi connectivity index (χ2v) is 4.37. The molecular formula is C11H11BrN4O3. The Hall–Kier alpha value is -2.09. The second kappa shape index (κ2) is 5.70. The first-order valence-electron chi connectivity index (χ1n) is 5.45. The van der Waals surface area contributed by atoms with Crippen LogP contribution in [0.2, 0.25) is 0 Å². The average Bonchev–Trinajstić information content (AvgIpc) is 2.80. The summed E-state index contributed by atoms with van der Waals surface area (Å²) in [5.41, 5.74) is 0.301. The van der Waals surface area contributed by atoms with Gasteiger partial charge in [0.2, 0.25) is 5.95 Å². The van der Waals surface area contributed by atoms with Crippen LogP contribution in [0.5, 0.6) is 11.8 Å². The minimum absolute atomic E-state index is 0.0137. The largest absolute Gasteiger partial charge is 0.507 e. The Balaban J connectivity index is 2.09. The summed E-state index contributed by atoms with van der Waals surface area (Å²) in [7, 11) is 0. The molecule has 0 aliphatic carbocycles. The van der Waals surface area contributed by atoms with Gasteiger partial charge in [-0.15, -0.1) is 5.10 Å². The summed E-state index contributed by atoms with van der Waals surface area (Å²) >= 11 is 3.14. The lowest BCUT2D eigenvalue weighted by Crippen LogP contribution is -2.12. The Labute approximate surface area is 117 Å². The topological polar surface area (TPSA) is 100 Å². The number of aromatic nitrogens is 3. The summed E-state index contributed by atoms with van der Waals surface area (Å²) < 4.78 is 5.57. The number of nitrogens with zero attached hydrogens (tertiary/aromatic N) is 2. The highest BCUT2D eigenvalue weighted by molar-refractivity contribution is 9.10. The van der Waals surface area contributed by atoms with Gasteiger partial charge < -0.3 is 9.84 Å². The summed E-state index contributed by atoms with van der Waals surface area (Å²) in [6.07, 6.45) is 0. The molecule has 19 heavy (non-hydrogen) atoms. The van der Waals surface area contributed by atoms with Gasteiger partial charge in [0.1, 0.15) is 5.75 Å². The quantitative estimate of drug-likeness (QED) is 0.797. The number of amides is 1. The lowest BCUT2D eigenvalue weighted by Gasteiger charge is -2.03. The van der Waals surface area contributed by atoms with Gasteiger partial charge in [0.15, 0.2) is 0 Å². The molecule has 7 nitrogen and oxygen atoms in total. The van der Waals surface area contributed by atoms with Crippen molar-refractivity contribution in [2.24, 2.45) is 0 Å². The number of nitrogens with one attached hydrogen (secondary N) is 2. The molecule has 1 heterocycles. The predicted molar refractivity (Wildman–Crippen MR) is 71.3 cm³/mol. The van der Waals surface area contributed by atoms with E-state index in [0.29, 0.717) is 16.6 Å². The number of carbonyl (C=O) groups is 1. The molecule has 2 rings (SSSR count). The van der Waals surface area contributed by atoms with Crippen LogP contribution >= 0.6 is 15.9 Å². The molecule has 8 heteroatoms. The maximum absolute atomic E-state index is 11.9. The highest BCUT2D eigenvalue weighted by atomic mass is 79.9. The number of rotatable bonds is 4. The van der Waals surface area contributed by atoms with Gasteiger partial charge >= 0.3 is 6.01 Å². The van der Waals surface area contributed by atoms with E-state index in [1.807, 2.05) is 0 Å². The highest BCUT2D eigenvalue weighted by Crippen LogP contribution is 2.24. The lowest BCUT2D eigenvalue weighted by molar-refractivity contribution is 0.102. The van der Waals surface area contributed by atoms with Gasteiger partial charge in [-0.3, -0.25) is 10.1 Å². The number of hydrogen-bond acceptors (Lipinski definition) is 5. The van der Waals surface area contributed by atoms with Crippen LogP contribution in [0.25, 0.3) is 0 Å². The average molecular weight is 327 g/mol. The first-order chi connectivity index (χ1) is 9.10. The number of phenols is 1. The van der Waals surface area contributed by atoms with Gasteiger partial charge in [0, 0.05) is 5.56 Å². The van der Waals surface area contributed by atoms with E-state index in [4.69, 9.17) is 4.74 Å². The molecule has 2 aromatic rings. The Bertz CT molecular complexity index is 599. The molecule has 1 aromatic heterocycles. The minimum atomic E-state index is -0.415. The third kappa shape index (κ3) is 3.22. The number of phenolic OH excluding ortho intramolecular Hbond substituents is 1. The van der Waals surface area contributed by atoms with Crippen molar-refractivity contribution >= 4 is 27.8 Å². The number of carbonyl (C=O) groups excluding carboxylic acids is 1. The van der Waals surface area contributed by atoms with Gasteiger partial charge in [-0.2, -0.15) is 4.98 Å². The molecule has 0 aliphatic rings. The molecule has 0 radical (unpaired) electrons. The summed E-state index contributed by atoms with van der Waals surface area (Å²) in [5, 5.41) is 18.3. The number of ether oxygens (including phenoxy) is 1. The van der Waals surface area contributed by atoms with E-state index in [2.05, 4.69) is 36.4 Å². The van der Waals surface area contributed by atoms with Crippen molar-refractivity contribution in [3.05, 3.63) is 28.2 Å². The van der Waals surface area contributed by atoms with Crippen molar-refractivity contribution in [3.63, 3.8) is 0 Å². The normalized spacial score (nSPS) is 10.2. The molecule has 3 N–H and O–H groups in total. The molecule has 0 fully saturated rings. The molecule has 0 atom stereocenters. The van der Waals surface area contributed by atoms with Gasteiger partial charge in [-0.25, -0.2) is 5.10 Å². The zero-order valence-corrected chi connectivity index (χ0v) is 11.6. The molecule has 0 unspecified atom stereocenters. The van der Waals surface area contributed by atoms with Crippen LogP contribution in [-0.2, 0) is 0 Å². The van der Waals surface area contributed by atoms with Gasteiger partial charge in [0.25, 0.3) is 5.91 Å². The zero-order chi connectivity index (χ0) is 13.8. The fourth-order valence-corrected chi connectivity index (χ4v) is 1.58. The maximum Gasteiger partial charge on any atom is 0.337 e. The van der Waals surface area contributed by atoms with E-state index in [1.54, 1.807) is 19.1 Å². The number of aromatic amines is 1. The van der Waals surface area contributed by atoms with Gasteiger partial charge in [-0.1, -0.05) is 0 Å². The Morgan fingerprint density at radius 2 is 2.37 bits per heavy atom. The predicted octanol–water partition coefficient (Wildman–Crippen LogP) is 1.92. The van der Waals surface area contributed by atoms with E-state index in [0.717, 1.165) is 0 Å². The summed E-state index contributed by atoms with van der Waals surface area (Å²) in [4.78, 5) is 15.8. The summed E-state index contributed by atoms with van der Waals surface area (Å²) in [6.45, 7) is 2.24. The summed E-state index contributed by atoms with van der Waals surface area (Å²) in [5.74, 6) is -0.252. The standard InChI is InChI=1S/C11H11BrN4O3/c1-2-19-11-14-10(15-16-11)13-9(18)6-3-4-7(12)8(17)5-6/h3-5,17H,2H2,1H3,(H2,13,14,15,16,18). The number of benzene rings is 1. The van der Waals surface area contributed by atoms with Crippen molar-refractivity contribution in [1.82, 2.24) is 15.2 Å². The first kappa shape index (κ1) is 13.3. The third-order valence-electron chi connectivity index (χ3n) is 2.18. The Kier molecular flexibility index (Phi) is 4.00. The molecule has 1 amide bonds. The SMILES string of the molecule is CCOc1n[nH]c(NC(=O)c2ccc(Br)c(O)c2)n1. The first-order valence-corrected chi connectivity index (χ1v) is 6.24. The van der Waals surface area contributed by atoms with E-state index in [1.165, 1.54) is 6.07 Å². The van der Waals surface area contributed by atoms with Crippen molar-refractivity contribution in [2.75, 3.05) is 11.9 Å². The van der Waals surface area contributed by atoms with E-state index in [-0.39, 0.29) is 17.7 Å². The van der Waals surface area contributed by atoms with Crippen LogP contribution in [0.3, 0.4) is 0 Å². The van der Waals surface area contributed by atoms with Crippen molar-refractivity contribution < 1.29 is 14.6 Å².